The lowest BCUT2D eigenvalue weighted by molar-refractivity contribution is 0.412. The molecule has 0 aliphatic carbocycles. The van der Waals surface area contributed by atoms with Crippen LogP contribution in [0.2, 0.25) is 0 Å². The average molecular weight is 335 g/mol. The number of aromatic nitrogens is 2. The summed E-state index contributed by atoms with van der Waals surface area (Å²) >= 11 is 3.61. The van der Waals surface area contributed by atoms with Gasteiger partial charge in [0.1, 0.15) is 16.2 Å². The first kappa shape index (κ1) is 13.7. The van der Waals surface area contributed by atoms with E-state index in [0.717, 1.165) is 40.3 Å². The zero-order chi connectivity index (χ0) is 14.3. The van der Waals surface area contributed by atoms with Crippen LogP contribution < -0.4 is 4.74 Å². The largest absolute Gasteiger partial charge is 0.496 e. The minimum atomic E-state index is 0.932. The summed E-state index contributed by atoms with van der Waals surface area (Å²) in [5, 5.41) is 0. The lowest BCUT2D eigenvalue weighted by atomic mass is 10.0. The van der Waals surface area contributed by atoms with E-state index in [1.54, 1.807) is 7.11 Å². The molecule has 0 atom stereocenters. The Labute approximate surface area is 128 Å². The van der Waals surface area contributed by atoms with Gasteiger partial charge in [-0.15, -0.1) is 0 Å². The molecule has 3 nitrogen and oxygen atoms in total. The first-order chi connectivity index (χ1) is 9.61. The van der Waals surface area contributed by atoms with E-state index in [1.807, 2.05) is 0 Å². The van der Waals surface area contributed by atoms with Crippen molar-refractivity contribution in [2.75, 3.05) is 7.11 Å². The fraction of sp³-hybridized carbons (Fsp3) is 0.438. The van der Waals surface area contributed by atoms with Crippen molar-refractivity contribution < 1.29 is 4.74 Å². The zero-order valence-electron chi connectivity index (χ0n) is 12.2. The lowest BCUT2D eigenvalue weighted by Gasteiger charge is -2.18. The van der Waals surface area contributed by atoms with E-state index in [-0.39, 0.29) is 0 Å². The predicted molar refractivity (Wildman–Crippen MR) is 84.3 cm³/mol. The maximum Gasteiger partial charge on any atom is 0.145 e. The number of fused-ring (bicyclic) bond motifs is 1. The molecule has 0 amide bonds. The molecule has 0 bridgehead atoms. The van der Waals surface area contributed by atoms with Gasteiger partial charge in [0.25, 0.3) is 0 Å². The molecule has 0 radical (unpaired) electrons. The molecule has 0 saturated heterocycles. The van der Waals surface area contributed by atoms with Gasteiger partial charge in [-0.1, -0.05) is 6.07 Å². The third-order valence-electron chi connectivity index (χ3n) is 3.93. The monoisotopic (exact) mass is 334 g/mol. The van der Waals surface area contributed by atoms with Gasteiger partial charge in [-0.05, 0) is 66.2 Å². The van der Waals surface area contributed by atoms with Crippen molar-refractivity contribution in [1.29, 1.82) is 0 Å². The molecular formula is C16H19BrN2O. The van der Waals surface area contributed by atoms with Crippen LogP contribution in [0.5, 0.6) is 5.75 Å². The maximum absolute atomic E-state index is 5.62. The molecule has 0 fully saturated rings. The summed E-state index contributed by atoms with van der Waals surface area (Å²) in [6, 6.07) is 4.32. The summed E-state index contributed by atoms with van der Waals surface area (Å²) in [6.45, 7) is 5.24. The molecule has 106 valence electrons. The van der Waals surface area contributed by atoms with Crippen molar-refractivity contribution in [2.24, 2.45) is 0 Å². The number of nitrogens with zero attached hydrogens (tertiary/aromatic N) is 2. The standard InChI is InChI=1S/C16H19BrN2O/c1-10-8-11(2)14(20-3)12(9-10)16-18-15(17)13-6-4-5-7-19(13)16/h8-9H,4-7H2,1-3H3. The summed E-state index contributed by atoms with van der Waals surface area (Å²) < 4.78 is 8.93. The molecule has 2 aromatic rings. The first-order valence-electron chi connectivity index (χ1n) is 7.02. The van der Waals surface area contributed by atoms with Crippen LogP contribution in [0.25, 0.3) is 11.4 Å². The normalized spacial score (nSPS) is 14.2. The Morgan fingerprint density at radius 2 is 2.05 bits per heavy atom. The van der Waals surface area contributed by atoms with Crippen LogP contribution >= 0.6 is 15.9 Å². The Bertz CT molecular complexity index is 661. The minimum absolute atomic E-state index is 0.932. The summed E-state index contributed by atoms with van der Waals surface area (Å²) in [6.07, 6.45) is 3.56. The van der Waals surface area contributed by atoms with E-state index in [2.05, 4.69) is 46.5 Å². The van der Waals surface area contributed by atoms with Gasteiger partial charge in [-0.3, -0.25) is 0 Å². The fourth-order valence-corrected chi connectivity index (χ4v) is 3.68. The molecule has 0 unspecified atom stereocenters. The highest BCUT2D eigenvalue weighted by atomic mass is 79.9. The highest BCUT2D eigenvalue weighted by molar-refractivity contribution is 9.10. The molecule has 0 N–H and O–H groups in total. The smallest absolute Gasteiger partial charge is 0.145 e. The van der Waals surface area contributed by atoms with E-state index in [1.165, 1.54) is 24.1 Å². The quantitative estimate of drug-likeness (QED) is 0.819. The highest BCUT2D eigenvalue weighted by Crippen LogP contribution is 2.37. The van der Waals surface area contributed by atoms with Crippen molar-refractivity contribution >= 4 is 15.9 Å². The second-order valence-electron chi connectivity index (χ2n) is 5.44. The number of hydrogen-bond donors (Lipinski definition) is 0. The molecule has 3 rings (SSSR count). The molecule has 0 saturated carbocycles. The molecule has 2 heterocycles. The topological polar surface area (TPSA) is 27.1 Å². The van der Waals surface area contributed by atoms with E-state index in [9.17, 15) is 0 Å². The van der Waals surface area contributed by atoms with Gasteiger partial charge in [0.15, 0.2) is 0 Å². The number of halogens is 1. The van der Waals surface area contributed by atoms with Crippen molar-refractivity contribution in [3.63, 3.8) is 0 Å². The number of benzene rings is 1. The molecule has 1 aromatic carbocycles. The van der Waals surface area contributed by atoms with Gasteiger partial charge in [0, 0.05) is 6.54 Å². The SMILES string of the molecule is COc1c(C)cc(C)cc1-c1nc(Br)c2n1CCCC2. The lowest BCUT2D eigenvalue weighted by Crippen LogP contribution is -2.11. The maximum atomic E-state index is 5.62. The average Bonchev–Trinajstić information content (AvgIpc) is 2.76. The Balaban J connectivity index is 2.24. The molecular weight excluding hydrogens is 316 g/mol. The van der Waals surface area contributed by atoms with Crippen molar-refractivity contribution in [3.8, 4) is 17.1 Å². The van der Waals surface area contributed by atoms with Crippen LogP contribution in [-0.2, 0) is 13.0 Å². The third-order valence-corrected chi connectivity index (χ3v) is 4.57. The van der Waals surface area contributed by atoms with Crippen LogP contribution in [-0.4, -0.2) is 16.7 Å². The van der Waals surface area contributed by atoms with E-state index in [4.69, 9.17) is 9.72 Å². The van der Waals surface area contributed by atoms with Crippen LogP contribution in [0.4, 0.5) is 0 Å². The molecule has 1 aliphatic heterocycles. The van der Waals surface area contributed by atoms with E-state index in [0.29, 0.717) is 0 Å². The predicted octanol–water partition coefficient (Wildman–Crippen LogP) is 4.27. The third kappa shape index (κ3) is 2.16. The number of hydrogen-bond acceptors (Lipinski definition) is 2. The number of imidazole rings is 1. The molecule has 0 spiro atoms. The number of aryl methyl sites for hydroxylation is 2. The first-order valence-corrected chi connectivity index (χ1v) is 7.81. The van der Waals surface area contributed by atoms with Crippen LogP contribution in [0.3, 0.4) is 0 Å². The summed E-state index contributed by atoms with van der Waals surface area (Å²) in [4.78, 5) is 4.75. The molecule has 4 heteroatoms. The van der Waals surface area contributed by atoms with Crippen LogP contribution in [0, 0.1) is 13.8 Å². The zero-order valence-corrected chi connectivity index (χ0v) is 13.7. The van der Waals surface area contributed by atoms with Crippen molar-refractivity contribution in [2.45, 2.75) is 39.7 Å². The molecule has 1 aliphatic rings. The van der Waals surface area contributed by atoms with Crippen LogP contribution in [0.15, 0.2) is 16.7 Å². The van der Waals surface area contributed by atoms with Gasteiger partial charge in [-0.25, -0.2) is 4.98 Å². The second kappa shape index (κ2) is 5.24. The Hall–Kier alpha value is -1.29. The Kier molecular flexibility index (Phi) is 3.59. The van der Waals surface area contributed by atoms with E-state index >= 15 is 0 Å². The summed E-state index contributed by atoms with van der Waals surface area (Å²) in [5.74, 6) is 1.96. The van der Waals surface area contributed by atoms with Gasteiger partial charge < -0.3 is 9.30 Å². The van der Waals surface area contributed by atoms with Gasteiger partial charge >= 0.3 is 0 Å². The minimum Gasteiger partial charge on any atom is -0.496 e. The highest BCUT2D eigenvalue weighted by Gasteiger charge is 2.22. The summed E-state index contributed by atoms with van der Waals surface area (Å²) in [5.41, 5.74) is 4.81. The summed E-state index contributed by atoms with van der Waals surface area (Å²) in [7, 11) is 1.73. The van der Waals surface area contributed by atoms with Crippen molar-refractivity contribution in [3.05, 3.63) is 33.6 Å². The van der Waals surface area contributed by atoms with Crippen molar-refractivity contribution in [1.82, 2.24) is 9.55 Å². The fourth-order valence-electron chi connectivity index (χ4n) is 3.10. The Morgan fingerprint density at radius 3 is 2.80 bits per heavy atom. The number of methoxy groups -OCH3 is 1. The number of rotatable bonds is 2. The van der Waals surface area contributed by atoms with Gasteiger partial charge in [0.2, 0.25) is 0 Å². The second-order valence-corrected chi connectivity index (χ2v) is 6.20. The molecule has 20 heavy (non-hydrogen) atoms. The Morgan fingerprint density at radius 1 is 1.25 bits per heavy atom. The van der Waals surface area contributed by atoms with Crippen LogP contribution in [0.1, 0.15) is 29.7 Å². The van der Waals surface area contributed by atoms with Gasteiger partial charge in [0.05, 0.1) is 18.4 Å². The van der Waals surface area contributed by atoms with Gasteiger partial charge in [-0.2, -0.15) is 0 Å². The molecule has 1 aromatic heterocycles. The van der Waals surface area contributed by atoms with E-state index < -0.39 is 0 Å². The number of ether oxygens (including phenoxy) is 1.